The molecule has 4 aromatic carbocycles. The number of aromatic carboxylic acids is 1. The molecular formula is C29H22N2O3S. The first-order valence-corrected chi connectivity index (χ1v) is 12.0. The zero-order valence-corrected chi connectivity index (χ0v) is 19.6. The van der Waals surface area contributed by atoms with E-state index in [4.69, 9.17) is 5.11 Å². The van der Waals surface area contributed by atoms with Crippen LogP contribution in [0.25, 0.3) is 32.5 Å². The van der Waals surface area contributed by atoms with Crippen LogP contribution in [0.4, 0.5) is 0 Å². The molecule has 0 fully saturated rings. The fourth-order valence-corrected chi connectivity index (χ4v) is 4.96. The normalized spacial score (nSPS) is 10.9. The Kier molecular flexibility index (Phi) is 6.37. The SMILES string of the molecule is O=C(Cc1nc2ccc(-c3cccc(-c4ccccc4)c3)cc2s1)NCc1cccc(C(=O)O)c1. The Balaban J connectivity index is 1.29. The van der Waals surface area contributed by atoms with E-state index in [2.05, 4.69) is 58.8 Å². The lowest BCUT2D eigenvalue weighted by atomic mass is 9.99. The quantitative estimate of drug-likeness (QED) is 0.292. The van der Waals surface area contributed by atoms with Gasteiger partial charge in [0.05, 0.1) is 22.2 Å². The number of aromatic nitrogens is 1. The largest absolute Gasteiger partial charge is 0.478 e. The summed E-state index contributed by atoms with van der Waals surface area (Å²) >= 11 is 1.51. The topological polar surface area (TPSA) is 79.3 Å². The van der Waals surface area contributed by atoms with Gasteiger partial charge in [0.25, 0.3) is 0 Å². The third-order valence-corrected chi connectivity index (χ3v) is 6.73. The van der Waals surface area contributed by atoms with Crippen LogP contribution in [0.15, 0.2) is 97.1 Å². The van der Waals surface area contributed by atoms with Crippen molar-refractivity contribution in [3.05, 3.63) is 113 Å². The number of carboxylic acids is 1. The van der Waals surface area contributed by atoms with Crippen molar-refractivity contribution in [1.29, 1.82) is 0 Å². The van der Waals surface area contributed by atoms with Crippen molar-refractivity contribution in [3.63, 3.8) is 0 Å². The fourth-order valence-electron chi connectivity index (χ4n) is 3.95. The van der Waals surface area contributed by atoms with E-state index in [0.717, 1.165) is 31.9 Å². The molecule has 1 heterocycles. The summed E-state index contributed by atoms with van der Waals surface area (Å²) in [5, 5.41) is 12.7. The van der Waals surface area contributed by atoms with Crippen LogP contribution in [0.1, 0.15) is 20.9 Å². The molecule has 172 valence electrons. The summed E-state index contributed by atoms with van der Waals surface area (Å²) in [5.41, 5.74) is 6.39. The number of rotatable bonds is 7. The van der Waals surface area contributed by atoms with E-state index in [-0.39, 0.29) is 24.4 Å². The van der Waals surface area contributed by atoms with Crippen LogP contribution in [-0.2, 0) is 17.8 Å². The second-order valence-corrected chi connectivity index (χ2v) is 9.31. The van der Waals surface area contributed by atoms with Gasteiger partial charge < -0.3 is 10.4 Å². The molecule has 0 saturated carbocycles. The summed E-state index contributed by atoms with van der Waals surface area (Å²) in [4.78, 5) is 28.2. The third-order valence-electron chi connectivity index (χ3n) is 5.71. The number of hydrogen-bond donors (Lipinski definition) is 2. The molecule has 0 saturated heterocycles. The van der Waals surface area contributed by atoms with Crippen molar-refractivity contribution in [2.75, 3.05) is 0 Å². The highest BCUT2D eigenvalue weighted by Crippen LogP contribution is 2.31. The smallest absolute Gasteiger partial charge is 0.335 e. The number of carbonyl (C=O) groups excluding carboxylic acids is 1. The molecule has 0 bridgehead atoms. The maximum absolute atomic E-state index is 12.5. The Morgan fingerprint density at radius 1 is 0.771 bits per heavy atom. The van der Waals surface area contributed by atoms with Gasteiger partial charge in [-0.3, -0.25) is 4.79 Å². The summed E-state index contributed by atoms with van der Waals surface area (Å²) in [7, 11) is 0. The first kappa shape index (κ1) is 22.5. The van der Waals surface area contributed by atoms with E-state index in [1.165, 1.54) is 28.5 Å². The number of fused-ring (bicyclic) bond motifs is 1. The van der Waals surface area contributed by atoms with Crippen molar-refractivity contribution >= 4 is 33.4 Å². The maximum atomic E-state index is 12.5. The minimum atomic E-state index is -0.987. The predicted octanol–water partition coefficient (Wildman–Crippen LogP) is 6.19. The average Bonchev–Trinajstić information content (AvgIpc) is 3.29. The molecule has 5 nitrogen and oxygen atoms in total. The number of carboxylic acid groups (broad SMARTS) is 1. The molecule has 1 amide bonds. The van der Waals surface area contributed by atoms with Gasteiger partial charge in [-0.2, -0.15) is 0 Å². The molecule has 0 atom stereocenters. The first-order chi connectivity index (χ1) is 17.0. The lowest BCUT2D eigenvalue weighted by Crippen LogP contribution is -2.24. The van der Waals surface area contributed by atoms with Gasteiger partial charge in [0, 0.05) is 6.54 Å². The molecule has 5 aromatic rings. The maximum Gasteiger partial charge on any atom is 0.335 e. The molecular weight excluding hydrogens is 456 g/mol. The lowest BCUT2D eigenvalue weighted by Gasteiger charge is -2.06. The van der Waals surface area contributed by atoms with E-state index >= 15 is 0 Å². The number of amides is 1. The molecule has 0 aliphatic heterocycles. The molecule has 0 spiro atoms. The second-order valence-electron chi connectivity index (χ2n) is 8.20. The summed E-state index contributed by atoms with van der Waals surface area (Å²) < 4.78 is 1.03. The Labute approximate surface area is 206 Å². The Bertz CT molecular complexity index is 1530. The van der Waals surface area contributed by atoms with Gasteiger partial charge in [-0.15, -0.1) is 11.3 Å². The van der Waals surface area contributed by atoms with Crippen molar-refractivity contribution in [2.24, 2.45) is 0 Å². The van der Waals surface area contributed by atoms with Crippen LogP contribution in [0.3, 0.4) is 0 Å². The van der Waals surface area contributed by atoms with Crippen molar-refractivity contribution < 1.29 is 14.7 Å². The highest BCUT2D eigenvalue weighted by molar-refractivity contribution is 7.18. The van der Waals surface area contributed by atoms with E-state index in [9.17, 15) is 9.59 Å². The van der Waals surface area contributed by atoms with Gasteiger partial charge in [0.2, 0.25) is 5.91 Å². The molecule has 0 aliphatic rings. The molecule has 5 rings (SSSR count). The van der Waals surface area contributed by atoms with E-state index in [1.807, 2.05) is 24.3 Å². The molecule has 35 heavy (non-hydrogen) atoms. The Hall–Kier alpha value is -4.29. The van der Waals surface area contributed by atoms with Crippen molar-refractivity contribution in [1.82, 2.24) is 10.3 Å². The highest BCUT2D eigenvalue weighted by Gasteiger charge is 2.11. The number of hydrogen-bond acceptors (Lipinski definition) is 4. The van der Waals surface area contributed by atoms with Gasteiger partial charge in [-0.05, 0) is 58.1 Å². The van der Waals surface area contributed by atoms with Crippen LogP contribution < -0.4 is 5.32 Å². The van der Waals surface area contributed by atoms with Gasteiger partial charge in [-0.1, -0.05) is 66.7 Å². The summed E-state index contributed by atoms with van der Waals surface area (Å²) in [5.74, 6) is -1.14. The van der Waals surface area contributed by atoms with Crippen LogP contribution in [0.2, 0.25) is 0 Å². The van der Waals surface area contributed by atoms with Crippen LogP contribution in [0.5, 0.6) is 0 Å². The predicted molar refractivity (Wildman–Crippen MR) is 139 cm³/mol. The zero-order valence-electron chi connectivity index (χ0n) is 18.8. The third kappa shape index (κ3) is 5.28. The number of carbonyl (C=O) groups is 2. The zero-order chi connectivity index (χ0) is 24.2. The lowest BCUT2D eigenvalue weighted by molar-refractivity contribution is -0.120. The van der Waals surface area contributed by atoms with Crippen molar-refractivity contribution in [3.8, 4) is 22.3 Å². The van der Waals surface area contributed by atoms with Gasteiger partial charge in [-0.25, -0.2) is 9.78 Å². The number of thiazole rings is 1. The number of benzene rings is 4. The highest BCUT2D eigenvalue weighted by atomic mass is 32.1. The van der Waals surface area contributed by atoms with E-state index in [1.54, 1.807) is 18.2 Å². The van der Waals surface area contributed by atoms with Gasteiger partial charge in [0.1, 0.15) is 5.01 Å². The Morgan fingerprint density at radius 3 is 2.29 bits per heavy atom. The summed E-state index contributed by atoms with van der Waals surface area (Å²) in [6.07, 6.45) is 0.177. The van der Waals surface area contributed by atoms with Gasteiger partial charge >= 0.3 is 5.97 Å². The summed E-state index contributed by atoms with van der Waals surface area (Å²) in [6, 6.07) is 31.5. The minimum absolute atomic E-state index is 0.152. The monoisotopic (exact) mass is 478 g/mol. The van der Waals surface area contributed by atoms with Crippen LogP contribution in [-0.4, -0.2) is 22.0 Å². The average molecular weight is 479 g/mol. The fraction of sp³-hybridized carbons (Fsp3) is 0.0690. The summed E-state index contributed by atoms with van der Waals surface area (Å²) in [6.45, 7) is 0.271. The van der Waals surface area contributed by atoms with Gasteiger partial charge in [0.15, 0.2) is 0 Å². The molecule has 0 unspecified atom stereocenters. The minimum Gasteiger partial charge on any atom is -0.478 e. The van der Waals surface area contributed by atoms with Crippen LogP contribution in [0, 0.1) is 0 Å². The van der Waals surface area contributed by atoms with Crippen LogP contribution >= 0.6 is 11.3 Å². The van der Waals surface area contributed by atoms with E-state index < -0.39 is 5.97 Å². The number of nitrogens with one attached hydrogen (secondary N) is 1. The first-order valence-electron chi connectivity index (χ1n) is 11.2. The molecule has 1 aromatic heterocycles. The Morgan fingerprint density at radius 2 is 1.49 bits per heavy atom. The number of nitrogens with zero attached hydrogens (tertiary/aromatic N) is 1. The van der Waals surface area contributed by atoms with Crippen molar-refractivity contribution in [2.45, 2.75) is 13.0 Å². The second kappa shape index (κ2) is 9.91. The molecule has 0 radical (unpaired) electrons. The molecule has 2 N–H and O–H groups in total. The standard InChI is InChI=1S/C29H22N2O3S/c32-27(30-18-19-6-4-11-24(14-19)29(33)34)17-28-31-25-13-12-23(16-26(25)35-28)22-10-5-9-21(15-22)20-7-2-1-3-8-20/h1-16H,17-18H2,(H,30,32)(H,33,34). The van der Waals surface area contributed by atoms with E-state index in [0.29, 0.717) is 0 Å². The molecule has 6 heteroatoms. The molecule has 0 aliphatic carbocycles.